The molecule has 0 aliphatic rings. The van der Waals surface area contributed by atoms with Crippen LogP contribution in [-0.2, 0) is 17.9 Å². The van der Waals surface area contributed by atoms with E-state index in [0.29, 0.717) is 26.4 Å². The molecule has 0 bridgehead atoms. The van der Waals surface area contributed by atoms with Crippen LogP contribution in [0.1, 0.15) is 17.5 Å². The first-order valence-corrected chi connectivity index (χ1v) is 7.40. The standard InChI is InChI=1S/C17H20ClNO2/c18-16-6-2-15(3-7-16)13-20-10-1-11-21-17-8-4-14(12-19)5-9-17/h2-9H,1,10-13,19H2. The molecule has 2 rings (SSSR count). The Kier molecular flexibility index (Phi) is 6.54. The molecule has 2 aromatic carbocycles. The Bertz CT molecular complexity index is 525. The summed E-state index contributed by atoms with van der Waals surface area (Å²) < 4.78 is 11.2. The molecule has 0 spiro atoms. The van der Waals surface area contributed by atoms with Gasteiger partial charge in [0.2, 0.25) is 0 Å². The molecule has 0 aliphatic heterocycles. The summed E-state index contributed by atoms with van der Waals surface area (Å²) in [5.41, 5.74) is 7.77. The van der Waals surface area contributed by atoms with E-state index in [1.807, 2.05) is 48.5 Å². The van der Waals surface area contributed by atoms with E-state index >= 15 is 0 Å². The molecule has 0 aromatic heterocycles. The third kappa shape index (κ3) is 5.76. The van der Waals surface area contributed by atoms with Crippen LogP contribution in [0.3, 0.4) is 0 Å². The van der Waals surface area contributed by atoms with Crippen molar-refractivity contribution in [3.8, 4) is 5.75 Å². The lowest BCUT2D eigenvalue weighted by Crippen LogP contribution is -2.03. The van der Waals surface area contributed by atoms with Gasteiger partial charge >= 0.3 is 0 Å². The van der Waals surface area contributed by atoms with Gasteiger partial charge in [0.25, 0.3) is 0 Å². The number of nitrogens with two attached hydrogens (primary N) is 1. The summed E-state index contributed by atoms with van der Waals surface area (Å²) in [6.45, 7) is 2.47. The maximum absolute atomic E-state index is 5.83. The van der Waals surface area contributed by atoms with Gasteiger partial charge < -0.3 is 15.2 Å². The van der Waals surface area contributed by atoms with Gasteiger partial charge in [0, 0.05) is 18.0 Å². The number of hydrogen-bond acceptors (Lipinski definition) is 3. The molecule has 2 aromatic rings. The average Bonchev–Trinajstić information content (AvgIpc) is 2.53. The smallest absolute Gasteiger partial charge is 0.119 e. The fourth-order valence-corrected chi connectivity index (χ4v) is 1.97. The molecule has 0 aliphatic carbocycles. The molecule has 0 amide bonds. The molecule has 3 nitrogen and oxygen atoms in total. The topological polar surface area (TPSA) is 44.5 Å². The van der Waals surface area contributed by atoms with E-state index in [-0.39, 0.29) is 0 Å². The first-order chi connectivity index (χ1) is 10.3. The Labute approximate surface area is 130 Å². The third-order valence-corrected chi connectivity index (χ3v) is 3.29. The zero-order valence-electron chi connectivity index (χ0n) is 11.9. The minimum Gasteiger partial charge on any atom is -0.494 e. The second-order valence-electron chi connectivity index (χ2n) is 4.73. The summed E-state index contributed by atoms with van der Waals surface area (Å²) in [6, 6.07) is 15.5. The van der Waals surface area contributed by atoms with Crippen LogP contribution in [0, 0.1) is 0 Å². The minimum atomic E-state index is 0.554. The molecule has 21 heavy (non-hydrogen) atoms. The lowest BCUT2D eigenvalue weighted by atomic mass is 10.2. The monoisotopic (exact) mass is 305 g/mol. The number of rotatable bonds is 8. The van der Waals surface area contributed by atoms with Gasteiger partial charge in [-0.25, -0.2) is 0 Å². The van der Waals surface area contributed by atoms with Crippen LogP contribution in [0.15, 0.2) is 48.5 Å². The highest BCUT2D eigenvalue weighted by Crippen LogP contribution is 2.12. The van der Waals surface area contributed by atoms with Crippen LogP contribution in [0.25, 0.3) is 0 Å². The van der Waals surface area contributed by atoms with E-state index in [1.54, 1.807) is 0 Å². The molecule has 112 valence electrons. The molecule has 2 N–H and O–H groups in total. The second kappa shape index (κ2) is 8.67. The molecular formula is C17H20ClNO2. The fourth-order valence-electron chi connectivity index (χ4n) is 1.84. The van der Waals surface area contributed by atoms with Crippen LogP contribution >= 0.6 is 11.6 Å². The summed E-state index contributed by atoms with van der Waals surface area (Å²) in [5.74, 6) is 0.866. The van der Waals surface area contributed by atoms with Gasteiger partial charge in [0.1, 0.15) is 5.75 Å². The van der Waals surface area contributed by atoms with Crippen molar-refractivity contribution in [2.24, 2.45) is 5.73 Å². The van der Waals surface area contributed by atoms with Gasteiger partial charge in [0.15, 0.2) is 0 Å². The van der Waals surface area contributed by atoms with Crippen molar-refractivity contribution in [3.63, 3.8) is 0 Å². The van der Waals surface area contributed by atoms with Crippen molar-refractivity contribution in [2.45, 2.75) is 19.6 Å². The molecule has 0 saturated heterocycles. The van der Waals surface area contributed by atoms with Gasteiger partial charge in [0.05, 0.1) is 19.8 Å². The number of benzene rings is 2. The van der Waals surface area contributed by atoms with Crippen molar-refractivity contribution in [1.82, 2.24) is 0 Å². The van der Waals surface area contributed by atoms with E-state index < -0.39 is 0 Å². The quantitative estimate of drug-likeness (QED) is 0.755. The Morgan fingerprint density at radius 1 is 0.857 bits per heavy atom. The van der Waals surface area contributed by atoms with E-state index in [9.17, 15) is 0 Å². The van der Waals surface area contributed by atoms with Crippen LogP contribution in [0.2, 0.25) is 5.02 Å². The van der Waals surface area contributed by atoms with Crippen LogP contribution < -0.4 is 10.5 Å². The fraction of sp³-hybridized carbons (Fsp3) is 0.294. The molecule has 0 saturated carbocycles. The normalized spacial score (nSPS) is 10.6. The van der Waals surface area contributed by atoms with Gasteiger partial charge in [-0.3, -0.25) is 0 Å². The van der Waals surface area contributed by atoms with Crippen molar-refractivity contribution in [1.29, 1.82) is 0 Å². The van der Waals surface area contributed by atoms with Crippen molar-refractivity contribution >= 4 is 11.6 Å². The Balaban J connectivity index is 1.58. The largest absolute Gasteiger partial charge is 0.494 e. The summed E-state index contributed by atoms with van der Waals surface area (Å²) in [4.78, 5) is 0. The Morgan fingerprint density at radius 3 is 2.19 bits per heavy atom. The highest BCUT2D eigenvalue weighted by Gasteiger charge is 1.96. The average molecular weight is 306 g/mol. The predicted octanol–water partition coefficient (Wildman–Crippen LogP) is 3.78. The van der Waals surface area contributed by atoms with E-state index in [0.717, 1.165) is 28.3 Å². The Hall–Kier alpha value is -1.55. The molecule has 0 fully saturated rings. The van der Waals surface area contributed by atoms with E-state index in [1.165, 1.54) is 0 Å². The predicted molar refractivity (Wildman–Crippen MR) is 85.6 cm³/mol. The number of hydrogen-bond donors (Lipinski definition) is 1. The van der Waals surface area contributed by atoms with Crippen molar-refractivity contribution < 1.29 is 9.47 Å². The van der Waals surface area contributed by atoms with Gasteiger partial charge in [-0.15, -0.1) is 0 Å². The molecular weight excluding hydrogens is 286 g/mol. The highest BCUT2D eigenvalue weighted by molar-refractivity contribution is 6.30. The van der Waals surface area contributed by atoms with E-state index in [2.05, 4.69) is 0 Å². The van der Waals surface area contributed by atoms with Crippen molar-refractivity contribution in [3.05, 3.63) is 64.7 Å². The third-order valence-electron chi connectivity index (χ3n) is 3.04. The maximum Gasteiger partial charge on any atom is 0.119 e. The lowest BCUT2D eigenvalue weighted by Gasteiger charge is -2.07. The van der Waals surface area contributed by atoms with E-state index in [4.69, 9.17) is 26.8 Å². The SMILES string of the molecule is NCc1ccc(OCCCOCc2ccc(Cl)cc2)cc1. The van der Waals surface area contributed by atoms with Gasteiger partial charge in [-0.2, -0.15) is 0 Å². The van der Waals surface area contributed by atoms with Crippen LogP contribution in [0.4, 0.5) is 0 Å². The van der Waals surface area contributed by atoms with Crippen LogP contribution in [-0.4, -0.2) is 13.2 Å². The second-order valence-corrected chi connectivity index (χ2v) is 5.17. The zero-order chi connectivity index (χ0) is 14.9. The molecule has 4 heteroatoms. The van der Waals surface area contributed by atoms with Crippen LogP contribution in [0.5, 0.6) is 5.75 Å². The van der Waals surface area contributed by atoms with Gasteiger partial charge in [-0.05, 0) is 35.4 Å². The summed E-state index contributed by atoms with van der Waals surface area (Å²) in [7, 11) is 0. The first kappa shape index (κ1) is 15.8. The Morgan fingerprint density at radius 2 is 1.52 bits per heavy atom. The summed E-state index contributed by atoms with van der Waals surface area (Å²) >= 11 is 5.83. The zero-order valence-corrected chi connectivity index (χ0v) is 12.7. The molecule has 0 heterocycles. The molecule has 0 unspecified atom stereocenters. The number of halogens is 1. The summed E-state index contributed by atoms with van der Waals surface area (Å²) in [6.07, 6.45) is 0.853. The number of ether oxygens (including phenoxy) is 2. The van der Waals surface area contributed by atoms with Gasteiger partial charge in [-0.1, -0.05) is 35.9 Å². The molecule has 0 radical (unpaired) electrons. The minimum absolute atomic E-state index is 0.554. The maximum atomic E-state index is 5.83. The summed E-state index contributed by atoms with van der Waals surface area (Å²) in [5, 5.41) is 0.743. The lowest BCUT2D eigenvalue weighted by molar-refractivity contribution is 0.107. The van der Waals surface area contributed by atoms with Crippen molar-refractivity contribution in [2.75, 3.05) is 13.2 Å². The highest BCUT2D eigenvalue weighted by atomic mass is 35.5. The first-order valence-electron chi connectivity index (χ1n) is 7.02. The molecule has 0 atom stereocenters.